The number of hydrogen-bond acceptors (Lipinski definition) is 2. The van der Waals surface area contributed by atoms with Gasteiger partial charge in [0.1, 0.15) is 6.04 Å². The number of nitrogens with one attached hydrogen (secondary N) is 1. The number of fused-ring (bicyclic) bond motifs is 5. The Labute approximate surface area is 231 Å². The zero-order valence-corrected chi connectivity index (χ0v) is 25.7. The van der Waals surface area contributed by atoms with Crippen molar-refractivity contribution in [1.29, 1.82) is 0 Å². The first kappa shape index (κ1) is 27.9. The van der Waals surface area contributed by atoms with Crippen molar-refractivity contribution in [2.75, 3.05) is 12.4 Å². The van der Waals surface area contributed by atoms with Gasteiger partial charge in [-0.2, -0.15) is 4.48 Å². The maximum atomic E-state index is 14.4. The molecule has 4 heteroatoms. The summed E-state index contributed by atoms with van der Waals surface area (Å²) in [5, 5.41) is 3.35. The molecule has 210 valence electrons. The maximum absolute atomic E-state index is 14.4. The van der Waals surface area contributed by atoms with E-state index < -0.39 is 0 Å². The summed E-state index contributed by atoms with van der Waals surface area (Å²) in [6.45, 7) is 18.2. The number of imide groups is 1. The Balaban J connectivity index is 1.49. The quantitative estimate of drug-likeness (QED) is 0.376. The molecule has 1 saturated heterocycles. The van der Waals surface area contributed by atoms with E-state index in [1.54, 1.807) is 0 Å². The first-order valence-electron chi connectivity index (χ1n) is 15.4. The smallest absolute Gasteiger partial charge is 0.275 e. The van der Waals surface area contributed by atoms with Gasteiger partial charge in [-0.25, -0.2) is 9.59 Å². The fourth-order valence-corrected chi connectivity index (χ4v) is 9.67. The van der Waals surface area contributed by atoms with Crippen LogP contribution in [0, 0.1) is 28.6 Å². The van der Waals surface area contributed by atoms with Gasteiger partial charge in [0.15, 0.2) is 0 Å². The van der Waals surface area contributed by atoms with Gasteiger partial charge in [0.05, 0.1) is 19.2 Å². The van der Waals surface area contributed by atoms with Crippen molar-refractivity contribution < 1.29 is 14.1 Å². The number of amides is 3. The Hall–Kier alpha value is -1.68. The van der Waals surface area contributed by atoms with Crippen LogP contribution in [0.25, 0.3) is 0 Å². The number of rotatable bonds is 1. The van der Waals surface area contributed by atoms with Gasteiger partial charge in [-0.1, -0.05) is 73.9 Å². The van der Waals surface area contributed by atoms with E-state index in [1.165, 1.54) is 44.1 Å². The van der Waals surface area contributed by atoms with Crippen LogP contribution in [-0.4, -0.2) is 29.5 Å². The minimum atomic E-state index is -0.137. The normalized spacial score (nSPS) is 39.2. The van der Waals surface area contributed by atoms with E-state index in [-0.39, 0.29) is 38.7 Å². The minimum absolute atomic E-state index is 0.0258. The maximum Gasteiger partial charge on any atom is 0.428 e. The van der Waals surface area contributed by atoms with Crippen LogP contribution in [0.4, 0.5) is 10.5 Å². The molecule has 3 amide bonds. The lowest BCUT2D eigenvalue weighted by molar-refractivity contribution is -0.798. The molecule has 1 N–H and O–H groups in total. The summed E-state index contributed by atoms with van der Waals surface area (Å²) >= 11 is 0. The monoisotopic (exact) mass is 521 g/mol. The summed E-state index contributed by atoms with van der Waals surface area (Å²) in [7, 11) is 1.94. The van der Waals surface area contributed by atoms with Gasteiger partial charge in [0, 0.05) is 11.8 Å². The zero-order chi connectivity index (χ0) is 27.9. The number of hydrogen-bond donors (Lipinski definition) is 1. The van der Waals surface area contributed by atoms with Crippen LogP contribution < -0.4 is 5.32 Å². The topological polar surface area (TPSA) is 46.2 Å². The van der Waals surface area contributed by atoms with E-state index >= 15 is 0 Å². The predicted octanol–water partition coefficient (Wildman–Crippen LogP) is 8.58. The van der Waals surface area contributed by atoms with Gasteiger partial charge in [-0.05, 0) is 89.7 Å². The first-order chi connectivity index (χ1) is 17.5. The van der Waals surface area contributed by atoms with Crippen molar-refractivity contribution in [1.82, 2.24) is 0 Å². The summed E-state index contributed by atoms with van der Waals surface area (Å²) in [6, 6.07) is 6.43. The largest absolute Gasteiger partial charge is 0.428 e. The second-order valence-electron chi connectivity index (χ2n) is 16.2. The van der Waals surface area contributed by atoms with Crippen LogP contribution in [0.5, 0.6) is 0 Å². The van der Waals surface area contributed by atoms with Crippen LogP contribution in [0.1, 0.15) is 124 Å². The molecule has 7 atom stereocenters. The third-order valence-corrected chi connectivity index (χ3v) is 12.0. The highest BCUT2D eigenvalue weighted by atomic mass is 16.2. The second kappa shape index (κ2) is 8.91. The van der Waals surface area contributed by atoms with Gasteiger partial charge in [0.25, 0.3) is 0 Å². The molecule has 0 radical (unpaired) electrons. The molecule has 1 aromatic carbocycles. The van der Waals surface area contributed by atoms with Crippen molar-refractivity contribution in [3.63, 3.8) is 0 Å². The number of anilines is 1. The molecular formula is C34H53N2O2+. The van der Waals surface area contributed by atoms with Gasteiger partial charge in [-0.15, -0.1) is 0 Å². The van der Waals surface area contributed by atoms with Crippen LogP contribution in [0.2, 0.25) is 0 Å². The molecule has 4 aliphatic rings. The molecule has 5 rings (SSSR count). The van der Waals surface area contributed by atoms with Crippen LogP contribution in [0.15, 0.2) is 18.2 Å². The van der Waals surface area contributed by atoms with Gasteiger partial charge >= 0.3 is 11.9 Å². The van der Waals surface area contributed by atoms with Crippen molar-refractivity contribution >= 4 is 17.6 Å². The highest BCUT2D eigenvalue weighted by molar-refractivity contribution is 5.93. The number of benzene rings is 1. The Morgan fingerprint density at radius 1 is 0.921 bits per heavy atom. The number of piperidine rings is 1. The molecule has 1 aliphatic heterocycles. The van der Waals surface area contributed by atoms with Crippen molar-refractivity contribution in [2.24, 2.45) is 28.6 Å². The van der Waals surface area contributed by atoms with E-state index in [1.807, 2.05) is 7.05 Å². The lowest BCUT2D eigenvalue weighted by Gasteiger charge is -2.61. The lowest BCUT2D eigenvalue weighted by atomic mass is 9.47. The Bertz CT molecular complexity index is 1130. The average molecular weight is 522 g/mol. The Morgan fingerprint density at radius 3 is 2.29 bits per heavy atom. The van der Waals surface area contributed by atoms with Crippen LogP contribution in [0.3, 0.4) is 0 Å². The third-order valence-electron chi connectivity index (χ3n) is 12.0. The molecule has 1 heterocycles. The molecule has 1 unspecified atom stereocenters. The Kier molecular flexibility index (Phi) is 6.54. The lowest BCUT2D eigenvalue weighted by Crippen LogP contribution is -2.72. The fraction of sp³-hybridized carbons (Fsp3) is 0.765. The molecule has 3 saturated carbocycles. The second-order valence-corrected chi connectivity index (χ2v) is 16.2. The first-order valence-corrected chi connectivity index (χ1v) is 15.4. The minimum Gasteiger partial charge on any atom is -0.275 e. The van der Waals surface area contributed by atoms with Gasteiger partial charge in [0.2, 0.25) is 0 Å². The standard InChI is InChI=1S/C34H52N2O2/c1-31(2,3)22-12-14-26(32(4,5)6)27(21-22)35-30(38)36(9)28-15-13-23-24-11-10-18-33(24,7)19-16-25(23)34(28,8)20-17-29(36)37/h12,14,21,23-25,28H,10-11,13,15-20H2,1-9H3/p+1/t23-,24-,25-,28+,33-,34+,36?/m0/s1. The van der Waals surface area contributed by atoms with E-state index in [0.29, 0.717) is 17.8 Å². The number of quaternary nitrogens is 1. The average Bonchev–Trinajstić information content (AvgIpc) is 3.22. The number of carbonyl (C=O) groups excluding carboxylic acids is 2. The molecule has 0 aromatic heterocycles. The van der Waals surface area contributed by atoms with Gasteiger partial charge < -0.3 is 0 Å². The molecule has 0 spiro atoms. The van der Waals surface area contributed by atoms with E-state index in [2.05, 4.69) is 78.9 Å². The number of carbonyl (C=O) groups is 2. The highest BCUT2D eigenvalue weighted by Gasteiger charge is 2.66. The molecule has 3 aliphatic carbocycles. The third kappa shape index (κ3) is 4.19. The Morgan fingerprint density at radius 2 is 1.63 bits per heavy atom. The van der Waals surface area contributed by atoms with Crippen molar-refractivity contribution in [2.45, 2.75) is 130 Å². The van der Waals surface area contributed by atoms with Crippen molar-refractivity contribution in [3.8, 4) is 0 Å². The summed E-state index contributed by atoms with van der Waals surface area (Å²) in [5.41, 5.74) is 3.59. The zero-order valence-electron chi connectivity index (χ0n) is 25.7. The van der Waals surface area contributed by atoms with Crippen molar-refractivity contribution in [3.05, 3.63) is 29.3 Å². The number of likely N-dealkylation sites (tertiary alicyclic amines) is 1. The van der Waals surface area contributed by atoms with E-state index in [4.69, 9.17) is 0 Å². The van der Waals surface area contributed by atoms with Crippen LogP contribution >= 0.6 is 0 Å². The highest BCUT2D eigenvalue weighted by Crippen LogP contribution is 2.65. The van der Waals surface area contributed by atoms with E-state index in [9.17, 15) is 9.59 Å². The molecule has 4 fully saturated rings. The molecule has 4 nitrogen and oxygen atoms in total. The molecule has 1 aromatic rings. The summed E-state index contributed by atoms with van der Waals surface area (Å²) in [4.78, 5) is 28.1. The molecular weight excluding hydrogens is 468 g/mol. The summed E-state index contributed by atoms with van der Waals surface area (Å²) < 4.78 is -0.0923. The molecule has 0 bridgehead atoms. The SMILES string of the molecule is CC(C)(C)c1ccc(C(C)(C)C)c(NC(=O)[N+]2(C)C(=O)CC[C@@]3(C)[C@H]2CC[C@H]2[C@@H]4CCC[C@@]4(C)CC[C@@H]23)c1. The van der Waals surface area contributed by atoms with E-state index in [0.717, 1.165) is 35.9 Å². The predicted molar refractivity (Wildman–Crippen MR) is 156 cm³/mol. The fourth-order valence-electron chi connectivity index (χ4n) is 9.67. The number of nitrogens with zero attached hydrogens (tertiary/aromatic N) is 1. The van der Waals surface area contributed by atoms with Crippen LogP contribution in [-0.2, 0) is 15.6 Å². The molecule has 38 heavy (non-hydrogen) atoms. The summed E-state index contributed by atoms with van der Waals surface area (Å²) in [6.07, 6.45) is 10.3. The number of urea groups is 1. The van der Waals surface area contributed by atoms with Gasteiger partial charge in [-0.3, -0.25) is 5.32 Å². The summed E-state index contributed by atoms with van der Waals surface area (Å²) in [5.74, 6) is 2.32.